The summed E-state index contributed by atoms with van der Waals surface area (Å²) in [6.07, 6.45) is 1.59. The second kappa shape index (κ2) is 6.07. The van der Waals surface area contributed by atoms with Gasteiger partial charge < -0.3 is 0 Å². The first-order valence-corrected chi connectivity index (χ1v) is 7.24. The lowest BCUT2D eigenvalue weighted by Crippen LogP contribution is -2.21. The summed E-state index contributed by atoms with van der Waals surface area (Å²) in [5, 5.41) is 0.411. The predicted octanol–water partition coefficient (Wildman–Crippen LogP) is 2.13. The number of halogens is 1. The van der Waals surface area contributed by atoms with E-state index >= 15 is 0 Å². The Hall–Kier alpha value is -2.53. The van der Waals surface area contributed by atoms with Crippen LogP contribution >= 0.6 is 11.6 Å². The van der Waals surface area contributed by atoms with Crippen molar-refractivity contribution >= 4 is 28.4 Å². The molecule has 3 aromatic rings. The van der Waals surface area contributed by atoms with Gasteiger partial charge in [0.15, 0.2) is 11.4 Å². The molecule has 0 spiro atoms. The molecule has 6 heteroatoms. The fraction of sp³-hybridized carbons (Fsp3) is 0.125. The van der Waals surface area contributed by atoms with Gasteiger partial charge in [-0.1, -0.05) is 18.2 Å². The first-order chi connectivity index (χ1) is 10.7. The molecule has 0 unspecified atom stereocenters. The van der Waals surface area contributed by atoms with E-state index in [1.54, 1.807) is 22.9 Å². The maximum atomic E-state index is 12.1. The van der Waals surface area contributed by atoms with Gasteiger partial charge in [0, 0.05) is 11.9 Å². The van der Waals surface area contributed by atoms with Crippen molar-refractivity contribution in [1.82, 2.24) is 14.5 Å². The molecule has 2 heterocycles. The number of ketones is 1. The van der Waals surface area contributed by atoms with Crippen molar-refractivity contribution in [2.24, 2.45) is 0 Å². The smallest absolute Gasteiger partial charge is 0.282 e. The lowest BCUT2D eigenvalue weighted by Gasteiger charge is -2.14. The van der Waals surface area contributed by atoms with Crippen LogP contribution in [-0.4, -0.2) is 26.2 Å². The summed E-state index contributed by atoms with van der Waals surface area (Å²) in [5.74, 6) is 0.0202. The van der Waals surface area contributed by atoms with Crippen molar-refractivity contribution in [3.05, 3.63) is 64.8 Å². The number of hydrogen-bond donors (Lipinski definition) is 0. The Morgan fingerprint density at radius 3 is 2.64 bits per heavy atom. The molecule has 0 fully saturated rings. The molecule has 0 saturated heterocycles. The molecule has 0 N–H and O–H groups in total. The molecule has 0 amide bonds. The van der Waals surface area contributed by atoms with E-state index in [2.05, 4.69) is 9.97 Å². The van der Waals surface area contributed by atoms with Crippen molar-refractivity contribution in [2.75, 3.05) is 5.88 Å². The van der Waals surface area contributed by atoms with E-state index in [-0.39, 0.29) is 18.1 Å². The number of alkyl halides is 1. The normalized spacial score (nSPS) is 10.8. The molecule has 0 aliphatic rings. The van der Waals surface area contributed by atoms with Crippen LogP contribution in [0.1, 0.15) is 5.82 Å². The van der Waals surface area contributed by atoms with Gasteiger partial charge in [0.2, 0.25) is 0 Å². The lowest BCUT2D eigenvalue weighted by atomic mass is 10.2. The number of carbonyl (C=O) groups is 1. The summed E-state index contributed by atoms with van der Waals surface area (Å²) in [7, 11) is 0. The molecule has 110 valence electrons. The molecule has 3 rings (SSSR count). The van der Waals surface area contributed by atoms with Crippen LogP contribution in [0.15, 0.2) is 53.5 Å². The van der Waals surface area contributed by atoms with E-state index in [1.807, 2.05) is 30.3 Å². The molecule has 0 atom stereocenters. The maximum Gasteiger partial charge on any atom is 0.282 e. The third kappa shape index (κ3) is 2.63. The van der Waals surface area contributed by atoms with Crippen LogP contribution in [0.4, 0.5) is 0 Å². The van der Waals surface area contributed by atoms with Gasteiger partial charge in [-0.05, 0) is 24.3 Å². The van der Waals surface area contributed by atoms with Crippen LogP contribution in [0, 0.1) is 0 Å². The molecule has 5 nitrogen and oxygen atoms in total. The van der Waals surface area contributed by atoms with Crippen LogP contribution in [0.2, 0.25) is 0 Å². The molecule has 0 aliphatic heterocycles. The number of rotatable bonds is 4. The second-order valence-corrected chi connectivity index (χ2v) is 5.00. The Morgan fingerprint density at radius 2 is 1.91 bits per heavy atom. The highest BCUT2D eigenvalue weighted by atomic mass is 35.5. The minimum atomic E-state index is -0.396. The quantitative estimate of drug-likeness (QED) is 0.692. The maximum absolute atomic E-state index is 12.1. The zero-order valence-corrected chi connectivity index (χ0v) is 12.3. The van der Waals surface area contributed by atoms with Crippen LogP contribution in [0.25, 0.3) is 16.7 Å². The predicted molar refractivity (Wildman–Crippen MR) is 84.6 cm³/mol. The highest BCUT2D eigenvalue weighted by Gasteiger charge is 2.15. The Kier molecular flexibility index (Phi) is 3.98. The third-order valence-electron chi connectivity index (χ3n) is 3.24. The van der Waals surface area contributed by atoms with Gasteiger partial charge in [-0.15, -0.1) is 11.6 Å². The lowest BCUT2D eigenvalue weighted by molar-refractivity contribution is -0.116. The summed E-state index contributed by atoms with van der Waals surface area (Å²) >= 11 is 5.58. The largest absolute Gasteiger partial charge is 0.298 e. The number of benzene rings is 1. The van der Waals surface area contributed by atoms with E-state index in [9.17, 15) is 9.59 Å². The summed E-state index contributed by atoms with van der Waals surface area (Å²) in [6, 6.07) is 12.7. The molecule has 0 bridgehead atoms. The zero-order valence-electron chi connectivity index (χ0n) is 11.6. The Labute approximate surface area is 131 Å². The second-order valence-electron chi connectivity index (χ2n) is 4.73. The summed E-state index contributed by atoms with van der Waals surface area (Å²) in [5.41, 5.74) is 0.870. The van der Waals surface area contributed by atoms with Crippen molar-refractivity contribution in [2.45, 2.75) is 6.42 Å². The number of nitrogens with zero attached hydrogens (tertiary/aromatic N) is 3. The molecule has 2 aromatic heterocycles. The van der Waals surface area contributed by atoms with E-state index in [1.165, 1.54) is 0 Å². The van der Waals surface area contributed by atoms with Crippen molar-refractivity contribution in [1.29, 1.82) is 0 Å². The Balaban J connectivity index is 2.34. The van der Waals surface area contributed by atoms with E-state index in [0.29, 0.717) is 16.9 Å². The standard InChI is InChI=1S/C16H12ClN3O2/c17-10-12(21)9-14-19-16(22)13-7-4-8-18-15(13)20(14)11-5-2-1-3-6-11/h1-8H,9-10H2. The molecular formula is C16H12ClN3O2. The summed E-state index contributed by atoms with van der Waals surface area (Å²) in [6.45, 7) is 0. The average molecular weight is 314 g/mol. The highest BCUT2D eigenvalue weighted by Crippen LogP contribution is 2.16. The van der Waals surface area contributed by atoms with Gasteiger partial charge in [-0.25, -0.2) is 4.98 Å². The molecule has 0 aliphatic carbocycles. The van der Waals surface area contributed by atoms with Gasteiger partial charge >= 0.3 is 0 Å². The van der Waals surface area contributed by atoms with Gasteiger partial charge in [0.1, 0.15) is 5.82 Å². The van der Waals surface area contributed by atoms with Crippen molar-refractivity contribution < 1.29 is 4.79 Å². The number of carbonyl (C=O) groups excluding carboxylic acids is 1. The minimum absolute atomic E-state index is 0.0137. The fourth-order valence-electron chi connectivity index (χ4n) is 2.28. The van der Waals surface area contributed by atoms with Gasteiger partial charge in [0.25, 0.3) is 5.56 Å². The summed E-state index contributed by atoms with van der Waals surface area (Å²) < 4.78 is 1.72. The number of para-hydroxylation sites is 1. The zero-order chi connectivity index (χ0) is 15.5. The number of pyridine rings is 1. The van der Waals surface area contributed by atoms with E-state index < -0.39 is 5.56 Å². The number of Topliss-reactive ketones (excluding diaryl/α,β-unsaturated/α-hetero) is 1. The monoisotopic (exact) mass is 313 g/mol. The van der Waals surface area contributed by atoms with Crippen LogP contribution in [0.3, 0.4) is 0 Å². The van der Waals surface area contributed by atoms with Gasteiger partial charge in [0.05, 0.1) is 17.7 Å². The van der Waals surface area contributed by atoms with E-state index in [0.717, 1.165) is 5.69 Å². The SMILES string of the molecule is O=C(CCl)Cc1nc(=O)c2cccnc2n1-c1ccccc1. The summed E-state index contributed by atoms with van der Waals surface area (Å²) in [4.78, 5) is 32.2. The van der Waals surface area contributed by atoms with Crippen LogP contribution in [-0.2, 0) is 11.2 Å². The number of hydrogen-bond acceptors (Lipinski definition) is 4. The number of aromatic nitrogens is 3. The van der Waals surface area contributed by atoms with Gasteiger partial charge in [-0.2, -0.15) is 4.98 Å². The molecular weight excluding hydrogens is 302 g/mol. The Bertz CT molecular complexity index is 891. The van der Waals surface area contributed by atoms with Crippen molar-refractivity contribution in [3.63, 3.8) is 0 Å². The van der Waals surface area contributed by atoms with Crippen molar-refractivity contribution in [3.8, 4) is 5.69 Å². The molecule has 0 saturated carbocycles. The molecule has 22 heavy (non-hydrogen) atoms. The first-order valence-electron chi connectivity index (χ1n) is 6.70. The van der Waals surface area contributed by atoms with Crippen LogP contribution in [0.5, 0.6) is 0 Å². The first kappa shape index (κ1) is 14.4. The third-order valence-corrected chi connectivity index (χ3v) is 3.53. The van der Waals surface area contributed by atoms with E-state index in [4.69, 9.17) is 11.6 Å². The minimum Gasteiger partial charge on any atom is -0.298 e. The fourth-order valence-corrected chi connectivity index (χ4v) is 2.38. The number of fused-ring (bicyclic) bond motifs is 1. The Morgan fingerprint density at radius 1 is 1.14 bits per heavy atom. The highest BCUT2D eigenvalue weighted by molar-refractivity contribution is 6.27. The van der Waals surface area contributed by atoms with Crippen LogP contribution < -0.4 is 5.56 Å². The molecule has 1 aromatic carbocycles. The molecule has 0 radical (unpaired) electrons. The topological polar surface area (TPSA) is 64.8 Å². The van der Waals surface area contributed by atoms with Gasteiger partial charge in [-0.3, -0.25) is 14.2 Å². The average Bonchev–Trinajstić information content (AvgIpc) is 2.56.